The van der Waals surface area contributed by atoms with Crippen LogP contribution >= 0.6 is 11.3 Å². The number of guanidine groups is 1. The molecule has 0 aliphatic rings. The van der Waals surface area contributed by atoms with E-state index in [1.54, 1.807) is 7.05 Å². The Morgan fingerprint density at radius 1 is 1.19 bits per heavy atom. The standard InChI is InChI=1S/C17H21F3N4OS/c1-21-16(22-9-5-11-25-13-6-3-2-4-7-13)23-10-8-15-24-14(12-26-15)17(18,19)20/h2-4,6-7,12H,5,8-11H2,1H3,(H2,21,22,23). The van der Waals surface area contributed by atoms with Gasteiger partial charge < -0.3 is 15.4 Å². The lowest BCUT2D eigenvalue weighted by atomic mass is 10.3. The third-order valence-electron chi connectivity index (χ3n) is 3.32. The van der Waals surface area contributed by atoms with Crippen LogP contribution in [0, 0.1) is 0 Å². The largest absolute Gasteiger partial charge is 0.494 e. The highest BCUT2D eigenvalue weighted by Gasteiger charge is 2.33. The van der Waals surface area contributed by atoms with E-state index in [0.717, 1.165) is 28.9 Å². The number of thiazole rings is 1. The van der Waals surface area contributed by atoms with Gasteiger partial charge in [-0.15, -0.1) is 11.3 Å². The van der Waals surface area contributed by atoms with Crippen molar-refractivity contribution in [3.8, 4) is 5.75 Å². The SMILES string of the molecule is CN=C(NCCCOc1ccccc1)NCCc1nc(C(F)(F)F)cs1. The summed E-state index contributed by atoms with van der Waals surface area (Å²) in [6.45, 7) is 1.69. The number of rotatable bonds is 8. The molecule has 0 fully saturated rings. The van der Waals surface area contributed by atoms with Crippen molar-refractivity contribution in [2.24, 2.45) is 4.99 Å². The molecule has 0 atom stereocenters. The number of ether oxygens (including phenoxy) is 1. The summed E-state index contributed by atoms with van der Waals surface area (Å²) in [7, 11) is 1.64. The maximum Gasteiger partial charge on any atom is 0.434 e. The van der Waals surface area contributed by atoms with Crippen LogP contribution in [-0.4, -0.2) is 37.7 Å². The summed E-state index contributed by atoms with van der Waals surface area (Å²) < 4.78 is 43.1. The molecule has 1 aromatic heterocycles. The van der Waals surface area contributed by atoms with E-state index in [9.17, 15) is 13.2 Å². The van der Waals surface area contributed by atoms with Crippen molar-refractivity contribution < 1.29 is 17.9 Å². The number of hydrogen-bond donors (Lipinski definition) is 2. The molecule has 9 heteroatoms. The summed E-state index contributed by atoms with van der Waals surface area (Å²) in [6, 6.07) is 9.56. The van der Waals surface area contributed by atoms with Crippen LogP contribution in [0.15, 0.2) is 40.7 Å². The minimum absolute atomic E-state index is 0.401. The highest BCUT2D eigenvalue weighted by atomic mass is 32.1. The Morgan fingerprint density at radius 3 is 2.58 bits per heavy atom. The van der Waals surface area contributed by atoms with Gasteiger partial charge in [0.1, 0.15) is 5.75 Å². The van der Waals surface area contributed by atoms with Gasteiger partial charge in [0.2, 0.25) is 0 Å². The number of aromatic nitrogens is 1. The maximum atomic E-state index is 12.5. The number of aliphatic imine (C=N–C) groups is 1. The van der Waals surface area contributed by atoms with E-state index in [0.29, 0.717) is 37.1 Å². The van der Waals surface area contributed by atoms with Crippen LogP contribution in [0.5, 0.6) is 5.75 Å². The van der Waals surface area contributed by atoms with Gasteiger partial charge in [-0.2, -0.15) is 13.2 Å². The number of nitrogens with zero attached hydrogens (tertiary/aromatic N) is 2. The second-order valence-electron chi connectivity index (χ2n) is 5.32. The molecule has 2 aromatic rings. The summed E-state index contributed by atoms with van der Waals surface area (Å²) in [4.78, 5) is 7.67. The molecule has 0 saturated heterocycles. The Bertz CT molecular complexity index is 689. The van der Waals surface area contributed by atoms with Gasteiger partial charge >= 0.3 is 6.18 Å². The fourth-order valence-electron chi connectivity index (χ4n) is 2.05. The number of hydrogen-bond acceptors (Lipinski definition) is 4. The second kappa shape index (κ2) is 10.0. The Labute approximate surface area is 154 Å². The van der Waals surface area contributed by atoms with Gasteiger partial charge in [-0.05, 0) is 18.6 Å². The van der Waals surface area contributed by atoms with Gasteiger partial charge in [-0.25, -0.2) is 4.98 Å². The maximum absolute atomic E-state index is 12.5. The van der Waals surface area contributed by atoms with E-state index in [-0.39, 0.29) is 0 Å². The quantitative estimate of drug-likeness (QED) is 0.415. The molecular formula is C17H21F3N4OS. The molecule has 0 spiro atoms. The summed E-state index contributed by atoms with van der Waals surface area (Å²) in [6.07, 6.45) is -3.20. The van der Waals surface area contributed by atoms with Crippen molar-refractivity contribution >= 4 is 17.3 Å². The molecule has 0 radical (unpaired) electrons. The van der Waals surface area contributed by atoms with Gasteiger partial charge in [0.25, 0.3) is 0 Å². The monoisotopic (exact) mass is 386 g/mol. The first-order valence-corrected chi connectivity index (χ1v) is 9.01. The Hall–Kier alpha value is -2.29. The lowest BCUT2D eigenvalue weighted by Crippen LogP contribution is -2.39. The molecule has 0 bridgehead atoms. The van der Waals surface area contributed by atoms with E-state index >= 15 is 0 Å². The van der Waals surface area contributed by atoms with Crippen molar-refractivity contribution in [2.75, 3.05) is 26.7 Å². The molecule has 1 aromatic carbocycles. The van der Waals surface area contributed by atoms with Gasteiger partial charge in [-0.3, -0.25) is 4.99 Å². The number of benzene rings is 1. The fraction of sp³-hybridized carbons (Fsp3) is 0.412. The molecule has 0 aliphatic heterocycles. The minimum Gasteiger partial charge on any atom is -0.494 e. The van der Waals surface area contributed by atoms with Crippen molar-refractivity contribution in [3.05, 3.63) is 46.4 Å². The highest BCUT2D eigenvalue weighted by molar-refractivity contribution is 7.09. The predicted octanol–water partition coefficient (Wildman–Crippen LogP) is 3.34. The van der Waals surface area contributed by atoms with E-state index in [1.165, 1.54) is 0 Å². The molecule has 2 N–H and O–H groups in total. The van der Waals surface area contributed by atoms with Crippen molar-refractivity contribution in [1.29, 1.82) is 0 Å². The third kappa shape index (κ3) is 6.91. The van der Waals surface area contributed by atoms with E-state index in [2.05, 4.69) is 20.6 Å². The van der Waals surface area contributed by atoms with Gasteiger partial charge in [0.05, 0.1) is 11.6 Å². The highest BCUT2D eigenvalue weighted by Crippen LogP contribution is 2.29. The van der Waals surface area contributed by atoms with Crippen LogP contribution in [0.4, 0.5) is 13.2 Å². The van der Waals surface area contributed by atoms with Gasteiger partial charge in [0.15, 0.2) is 11.7 Å². The van der Waals surface area contributed by atoms with Crippen LogP contribution < -0.4 is 15.4 Å². The molecule has 1 heterocycles. The van der Waals surface area contributed by atoms with E-state index < -0.39 is 11.9 Å². The van der Waals surface area contributed by atoms with Crippen LogP contribution in [0.25, 0.3) is 0 Å². The first kappa shape index (κ1) is 20.0. The molecule has 0 amide bonds. The molecule has 0 unspecified atom stereocenters. The molecular weight excluding hydrogens is 365 g/mol. The van der Waals surface area contributed by atoms with Gasteiger partial charge in [0, 0.05) is 31.9 Å². The van der Waals surface area contributed by atoms with Crippen molar-refractivity contribution in [1.82, 2.24) is 15.6 Å². The second-order valence-corrected chi connectivity index (χ2v) is 6.26. The van der Waals surface area contributed by atoms with E-state index in [4.69, 9.17) is 4.74 Å². The average Bonchev–Trinajstić information content (AvgIpc) is 3.10. The average molecular weight is 386 g/mol. The summed E-state index contributed by atoms with van der Waals surface area (Å²) >= 11 is 1.01. The summed E-state index contributed by atoms with van der Waals surface area (Å²) in [5, 5.41) is 7.67. The Kier molecular flexibility index (Phi) is 7.71. The zero-order valence-corrected chi connectivity index (χ0v) is 15.2. The van der Waals surface area contributed by atoms with Crippen LogP contribution in [0.2, 0.25) is 0 Å². The first-order valence-electron chi connectivity index (χ1n) is 8.13. The molecule has 0 saturated carbocycles. The van der Waals surface area contributed by atoms with E-state index in [1.807, 2.05) is 30.3 Å². The normalized spacial score (nSPS) is 12.1. The number of halogens is 3. The lowest BCUT2D eigenvalue weighted by molar-refractivity contribution is -0.140. The van der Waals surface area contributed by atoms with Crippen LogP contribution in [0.1, 0.15) is 17.1 Å². The predicted molar refractivity (Wildman–Crippen MR) is 96.7 cm³/mol. The molecule has 26 heavy (non-hydrogen) atoms. The molecule has 5 nitrogen and oxygen atoms in total. The zero-order chi connectivity index (χ0) is 18.8. The Balaban J connectivity index is 1.61. The minimum atomic E-state index is -4.39. The number of para-hydroxylation sites is 1. The van der Waals surface area contributed by atoms with Crippen LogP contribution in [-0.2, 0) is 12.6 Å². The Morgan fingerprint density at radius 2 is 1.92 bits per heavy atom. The smallest absolute Gasteiger partial charge is 0.434 e. The summed E-state index contributed by atoms with van der Waals surface area (Å²) in [5.74, 6) is 1.42. The third-order valence-corrected chi connectivity index (χ3v) is 4.23. The molecule has 2 rings (SSSR count). The zero-order valence-electron chi connectivity index (χ0n) is 14.3. The fourth-order valence-corrected chi connectivity index (χ4v) is 2.86. The van der Waals surface area contributed by atoms with Crippen molar-refractivity contribution in [3.63, 3.8) is 0 Å². The molecule has 142 valence electrons. The van der Waals surface area contributed by atoms with Crippen molar-refractivity contribution in [2.45, 2.75) is 19.0 Å². The van der Waals surface area contributed by atoms with Gasteiger partial charge in [-0.1, -0.05) is 18.2 Å². The lowest BCUT2D eigenvalue weighted by Gasteiger charge is -2.11. The van der Waals surface area contributed by atoms with Crippen LogP contribution in [0.3, 0.4) is 0 Å². The molecule has 0 aliphatic carbocycles. The topological polar surface area (TPSA) is 58.5 Å². The first-order chi connectivity index (χ1) is 12.5. The number of nitrogens with one attached hydrogen (secondary N) is 2. The number of alkyl halides is 3. The summed E-state index contributed by atoms with van der Waals surface area (Å²) in [5.41, 5.74) is -0.835.